The maximum Gasteiger partial charge on any atom is 0.271 e. The first kappa shape index (κ1) is 12.1. The normalized spacial score (nSPS) is 17.2. The van der Waals surface area contributed by atoms with Crippen LogP contribution in [0.1, 0.15) is 6.92 Å². The van der Waals surface area contributed by atoms with Gasteiger partial charge < -0.3 is 19.6 Å². The van der Waals surface area contributed by atoms with Crippen LogP contribution in [0.15, 0.2) is 5.16 Å². The van der Waals surface area contributed by atoms with Gasteiger partial charge in [0.2, 0.25) is 5.82 Å². The van der Waals surface area contributed by atoms with Gasteiger partial charge in [0.05, 0.1) is 30.7 Å². The molecule has 1 saturated heterocycles. The van der Waals surface area contributed by atoms with Crippen molar-refractivity contribution in [2.75, 3.05) is 37.8 Å². The molecule has 0 saturated carbocycles. The van der Waals surface area contributed by atoms with Crippen molar-refractivity contribution in [3.05, 3.63) is 0 Å². The Labute approximate surface area is 103 Å². The van der Waals surface area contributed by atoms with Gasteiger partial charge in [0.1, 0.15) is 6.61 Å². The summed E-state index contributed by atoms with van der Waals surface area (Å²) < 4.78 is 19.0. The minimum atomic E-state index is 0.208. The highest BCUT2D eigenvalue weighted by Crippen LogP contribution is 2.26. The largest absolute Gasteiger partial charge is 0.468 e. The average Bonchev–Trinajstić information content (AvgIpc) is 2.85. The molecule has 17 heavy (non-hydrogen) atoms. The molecule has 0 aliphatic carbocycles. The van der Waals surface area contributed by atoms with Gasteiger partial charge in [-0.2, -0.15) is 4.37 Å². The number of hydrogen-bond acceptors (Lipinski definition) is 8. The summed E-state index contributed by atoms with van der Waals surface area (Å²) >= 11 is 1.11. The fourth-order valence-electron chi connectivity index (χ4n) is 1.44. The molecule has 2 rings (SSSR count). The van der Waals surface area contributed by atoms with E-state index < -0.39 is 0 Å². The van der Waals surface area contributed by atoms with Crippen LogP contribution in [0.25, 0.3) is 0 Å². The van der Waals surface area contributed by atoms with Crippen LogP contribution >= 0.6 is 11.7 Å². The van der Waals surface area contributed by atoms with E-state index in [9.17, 15) is 0 Å². The summed E-state index contributed by atoms with van der Waals surface area (Å²) in [5.74, 6) is 1.23. The standard InChI is InChI=1S/C9H14N4O3S/c1-7(10-14)6-16-9-8(11-17-12-9)13-2-4-15-5-3-13/h14H,2-6H2,1H3. The second-order valence-electron chi connectivity index (χ2n) is 3.62. The summed E-state index contributed by atoms with van der Waals surface area (Å²) in [5.41, 5.74) is 0.492. The summed E-state index contributed by atoms with van der Waals surface area (Å²) in [6.07, 6.45) is 0. The van der Waals surface area contributed by atoms with E-state index in [0.717, 1.165) is 30.6 Å². The van der Waals surface area contributed by atoms with Crippen LogP contribution in [0.4, 0.5) is 5.82 Å². The highest BCUT2D eigenvalue weighted by molar-refractivity contribution is 6.99. The molecule has 94 valence electrons. The van der Waals surface area contributed by atoms with Gasteiger partial charge >= 0.3 is 0 Å². The molecule has 1 aliphatic rings. The molecule has 0 spiro atoms. The minimum Gasteiger partial charge on any atom is -0.468 e. The summed E-state index contributed by atoms with van der Waals surface area (Å²) in [6, 6.07) is 0. The van der Waals surface area contributed by atoms with Crippen molar-refractivity contribution in [1.82, 2.24) is 8.75 Å². The fourth-order valence-corrected chi connectivity index (χ4v) is 1.96. The molecule has 0 aromatic carbocycles. The maximum absolute atomic E-state index is 8.53. The quantitative estimate of drug-likeness (QED) is 0.484. The van der Waals surface area contributed by atoms with Crippen LogP contribution in [-0.4, -0.2) is 52.6 Å². The molecule has 1 N–H and O–H groups in total. The van der Waals surface area contributed by atoms with E-state index in [-0.39, 0.29) is 6.61 Å². The summed E-state index contributed by atoms with van der Waals surface area (Å²) in [7, 11) is 0. The van der Waals surface area contributed by atoms with Crippen molar-refractivity contribution < 1.29 is 14.7 Å². The van der Waals surface area contributed by atoms with E-state index in [2.05, 4.69) is 18.8 Å². The number of hydrogen-bond donors (Lipinski definition) is 1. The first-order valence-corrected chi connectivity index (χ1v) is 6.00. The van der Waals surface area contributed by atoms with Crippen LogP contribution in [-0.2, 0) is 4.74 Å². The van der Waals surface area contributed by atoms with Gasteiger partial charge in [0, 0.05) is 13.1 Å². The third-order valence-corrected chi connectivity index (χ3v) is 2.84. The number of ether oxygens (including phenoxy) is 2. The summed E-state index contributed by atoms with van der Waals surface area (Å²) in [5, 5.41) is 11.6. The lowest BCUT2D eigenvalue weighted by molar-refractivity contribution is 0.122. The molecule has 1 aromatic heterocycles. The van der Waals surface area contributed by atoms with Gasteiger partial charge in [0.15, 0.2) is 0 Å². The Morgan fingerprint density at radius 2 is 2.29 bits per heavy atom. The smallest absolute Gasteiger partial charge is 0.271 e. The predicted octanol–water partition coefficient (Wildman–Crippen LogP) is 0.604. The Kier molecular flexibility index (Phi) is 4.10. The van der Waals surface area contributed by atoms with Crippen LogP contribution < -0.4 is 9.64 Å². The molecule has 1 fully saturated rings. The van der Waals surface area contributed by atoms with Crippen LogP contribution in [0.2, 0.25) is 0 Å². The van der Waals surface area contributed by atoms with Crippen molar-refractivity contribution in [2.45, 2.75) is 6.92 Å². The highest BCUT2D eigenvalue weighted by atomic mass is 32.1. The van der Waals surface area contributed by atoms with Crippen molar-refractivity contribution in [2.24, 2.45) is 5.16 Å². The lowest BCUT2D eigenvalue weighted by Crippen LogP contribution is -2.36. The molecule has 1 aliphatic heterocycles. The predicted molar refractivity (Wildman–Crippen MR) is 63.3 cm³/mol. The van der Waals surface area contributed by atoms with Crippen molar-refractivity contribution in [1.29, 1.82) is 0 Å². The molecule has 1 aromatic rings. The zero-order chi connectivity index (χ0) is 12.1. The number of anilines is 1. The SMILES string of the molecule is CC(COc1nsnc1N1CCOCC1)=NO. The van der Waals surface area contributed by atoms with E-state index >= 15 is 0 Å². The van der Waals surface area contributed by atoms with Gasteiger partial charge in [-0.05, 0) is 6.92 Å². The molecule has 2 heterocycles. The summed E-state index contributed by atoms with van der Waals surface area (Å²) in [4.78, 5) is 2.08. The monoisotopic (exact) mass is 258 g/mol. The van der Waals surface area contributed by atoms with Gasteiger partial charge in [-0.25, -0.2) is 0 Å². The zero-order valence-electron chi connectivity index (χ0n) is 9.50. The van der Waals surface area contributed by atoms with Crippen molar-refractivity contribution in [3.63, 3.8) is 0 Å². The number of oxime groups is 1. The highest BCUT2D eigenvalue weighted by Gasteiger charge is 2.19. The van der Waals surface area contributed by atoms with Crippen LogP contribution in [0, 0.1) is 0 Å². The Morgan fingerprint density at radius 1 is 1.53 bits per heavy atom. The van der Waals surface area contributed by atoms with Crippen LogP contribution in [0.3, 0.4) is 0 Å². The Morgan fingerprint density at radius 3 is 3.00 bits per heavy atom. The Hall–Kier alpha value is -1.41. The molecule has 8 heteroatoms. The lowest BCUT2D eigenvalue weighted by Gasteiger charge is -2.26. The van der Waals surface area contributed by atoms with E-state index in [0.29, 0.717) is 24.8 Å². The molecular formula is C9H14N4O3S. The molecule has 0 bridgehead atoms. The second kappa shape index (κ2) is 5.78. The van der Waals surface area contributed by atoms with Crippen LogP contribution in [0.5, 0.6) is 5.88 Å². The van der Waals surface area contributed by atoms with E-state index in [1.807, 2.05) is 0 Å². The molecule has 0 radical (unpaired) electrons. The van der Waals surface area contributed by atoms with Gasteiger partial charge in [-0.15, -0.1) is 4.37 Å². The number of morpholine rings is 1. The van der Waals surface area contributed by atoms with Gasteiger partial charge in [0.25, 0.3) is 5.88 Å². The average molecular weight is 258 g/mol. The molecule has 0 atom stereocenters. The fraction of sp³-hybridized carbons (Fsp3) is 0.667. The first-order valence-electron chi connectivity index (χ1n) is 5.27. The van der Waals surface area contributed by atoms with Gasteiger partial charge in [-0.1, -0.05) is 5.16 Å². The lowest BCUT2D eigenvalue weighted by atomic mass is 10.4. The molecule has 0 unspecified atom stereocenters. The zero-order valence-corrected chi connectivity index (χ0v) is 10.3. The van der Waals surface area contributed by atoms with Crippen molar-refractivity contribution in [3.8, 4) is 5.88 Å². The number of nitrogens with zero attached hydrogens (tertiary/aromatic N) is 4. The third kappa shape index (κ3) is 3.04. The second-order valence-corrected chi connectivity index (χ2v) is 4.14. The molecule has 7 nitrogen and oxygen atoms in total. The Balaban J connectivity index is 2.00. The molecule has 0 amide bonds. The van der Waals surface area contributed by atoms with E-state index in [1.54, 1.807) is 6.92 Å². The maximum atomic E-state index is 8.53. The van der Waals surface area contributed by atoms with E-state index in [4.69, 9.17) is 14.7 Å². The first-order chi connectivity index (χ1) is 8.31. The van der Waals surface area contributed by atoms with Crippen molar-refractivity contribution >= 4 is 23.3 Å². The Bertz CT molecular complexity index is 389. The number of aromatic nitrogens is 2. The third-order valence-electron chi connectivity index (χ3n) is 2.34. The van der Waals surface area contributed by atoms with E-state index in [1.165, 1.54) is 0 Å². The summed E-state index contributed by atoms with van der Waals surface area (Å²) in [6.45, 7) is 4.83. The minimum absolute atomic E-state index is 0.208. The molecular weight excluding hydrogens is 244 g/mol. The van der Waals surface area contributed by atoms with Gasteiger partial charge in [-0.3, -0.25) is 0 Å². The topological polar surface area (TPSA) is 80.1 Å². The number of rotatable bonds is 4.